The minimum absolute atomic E-state index is 0.445. The Morgan fingerprint density at radius 2 is 1.11 bits per heavy atom. The summed E-state index contributed by atoms with van der Waals surface area (Å²) in [6, 6.07) is 43.4. The van der Waals surface area contributed by atoms with Gasteiger partial charge in [-0.25, -0.2) is 4.85 Å². The van der Waals surface area contributed by atoms with Crippen LogP contribution in [0.1, 0.15) is 22.3 Å². The maximum atomic E-state index is 7.34. The molecule has 0 amide bonds. The largest absolute Gasteiger partial charge is 0.238 e. The molecule has 7 rings (SSSR count). The molecule has 1 nitrogen and oxygen atoms in total. The van der Waals surface area contributed by atoms with Crippen molar-refractivity contribution in [2.45, 2.75) is 5.41 Å². The quantitative estimate of drug-likeness (QED) is 0.161. The first-order valence-electron chi connectivity index (χ1n) is 12.0. The number of benzene rings is 6. The lowest BCUT2D eigenvalue weighted by molar-refractivity contribution is 0.771. The van der Waals surface area contributed by atoms with Gasteiger partial charge >= 0.3 is 0 Å². The zero-order valence-electron chi connectivity index (χ0n) is 19.4. The Balaban J connectivity index is 1.67. The molecule has 0 saturated carbocycles. The molecule has 0 radical (unpaired) electrons. The highest BCUT2D eigenvalue weighted by molar-refractivity contribution is 9.10. The Bertz CT molecular complexity index is 1790. The highest BCUT2D eigenvalue weighted by Crippen LogP contribution is 2.57. The number of hydrogen-bond acceptors (Lipinski definition) is 0. The second-order valence-electron chi connectivity index (χ2n) is 9.38. The number of nitrogens with zero attached hydrogens (tertiary/aromatic N) is 1. The van der Waals surface area contributed by atoms with Gasteiger partial charge in [0.15, 0.2) is 5.69 Å². The van der Waals surface area contributed by atoms with Gasteiger partial charge in [0, 0.05) is 4.47 Å². The number of halogens is 1. The van der Waals surface area contributed by atoms with Gasteiger partial charge in [-0.05, 0) is 79.2 Å². The van der Waals surface area contributed by atoms with Crippen molar-refractivity contribution in [3.63, 3.8) is 0 Å². The predicted molar refractivity (Wildman–Crippen MR) is 153 cm³/mol. The molecule has 0 spiro atoms. The van der Waals surface area contributed by atoms with Gasteiger partial charge in [-0.15, -0.1) is 0 Å². The molecule has 0 fully saturated rings. The third kappa shape index (κ3) is 2.87. The van der Waals surface area contributed by atoms with E-state index in [1.54, 1.807) is 0 Å². The molecule has 0 aliphatic heterocycles. The van der Waals surface area contributed by atoms with Crippen LogP contribution in [0.2, 0.25) is 0 Å². The zero-order valence-corrected chi connectivity index (χ0v) is 21.0. The van der Waals surface area contributed by atoms with E-state index in [2.05, 4.69) is 130 Å². The molecule has 0 N–H and O–H groups in total. The van der Waals surface area contributed by atoms with Crippen LogP contribution >= 0.6 is 15.9 Å². The smallest absolute Gasteiger partial charge is 0.187 e. The minimum atomic E-state index is -0.445. The average molecular weight is 522 g/mol. The summed E-state index contributed by atoms with van der Waals surface area (Å²) in [4.78, 5) is 3.58. The Morgan fingerprint density at radius 3 is 1.69 bits per heavy atom. The van der Waals surface area contributed by atoms with E-state index in [0.717, 1.165) is 15.6 Å². The van der Waals surface area contributed by atoms with Crippen molar-refractivity contribution in [3.8, 4) is 11.1 Å². The fourth-order valence-electron chi connectivity index (χ4n) is 6.09. The topological polar surface area (TPSA) is 4.36 Å². The second-order valence-corrected chi connectivity index (χ2v) is 10.3. The van der Waals surface area contributed by atoms with Crippen LogP contribution in [0.4, 0.5) is 5.69 Å². The van der Waals surface area contributed by atoms with Crippen molar-refractivity contribution in [2.24, 2.45) is 0 Å². The molecule has 0 bridgehead atoms. The number of hydrogen-bond donors (Lipinski definition) is 0. The third-order valence-electron chi connectivity index (χ3n) is 7.55. The molecule has 6 aromatic carbocycles. The van der Waals surface area contributed by atoms with E-state index in [1.807, 2.05) is 12.1 Å². The molecule has 0 saturated heterocycles. The molecule has 0 heterocycles. The Hall–Kier alpha value is -4.19. The van der Waals surface area contributed by atoms with Crippen molar-refractivity contribution in [1.29, 1.82) is 0 Å². The molecule has 0 unspecified atom stereocenters. The minimum Gasteiger partial charge on any atom is -0.238 e. The number of rotatable bonds is 3. The molecule has 168 valence electrons. The lowest BCUT2D eigenvalue weighted by atomic mass is 9.67. The SMILES string of the molecule is [C-]#[N+]c1ccc(-c2cc3c4c(ccc5cc(Br)cc(c54)C3(c3ccccc3)c3ccccc3)c2)cc1. The summed E-state index contributed by atoms with van der Waals surface area (Å²) < 4.78 is 1.09. The van der Waals surface area contributed by atoms with Crippen LogP contribution in [0.3, 0.4) is 0 Å². The first-order chi connectivity index (χ1) is 17.7. The predicted octanol–water partition coefficient (Wildman–Crippen LogP) is 9.67. The average Bonchev–Trinajstić information content (AvgIpc) is 3.23. The van der Waals surface area contributed by atoms with Gasteiger partial charge in [0.2, 0.25) is 0 Å². The molecular weight excluding hydrogens is 502 g/mol. The van der Waals surface area contributed by atoms with Gasteiger partial charge in [-0.1, -0.05) is 113 Å². The monoisotopic (exact) mass is 521 g/mol. The van der Waals surface area contributed by atoms with Gasteiger partial charge in [-0.2, -0.15) is 0 Å². The third-order valence-corrected chi connectivity index (χ3v) is 8.00. The van der Waals surface area contributed by atoms with Crippen LogP contribution in [-0.2, 0) is 5.41 Å². The van der Waals surface area contributed by atoms with Crippen LogP contribution in [0, 0.1) is 6.57 Å². The fraction of sp³-hybridized carbons (Fsp3) is 0.0294. The molecular formula is C34H20BrN. The van der Waals surface area contributed by atoms with Crippen molar-refractivity contribution >= 4 is 43.2 Å². The Kier molecular flexibility index (Phi) is 4.64. The van der Waals surface area contributed by atoms with Crippen molar-refractivity contribution in [3.05, 3.63) is 159 Å². The first-order valence-corrected chi connectivity index (χ1v) is 12.8. The molecule has 36 heavy (non-hydrogen) atoms. The van der Waals surface area contributed by atoms with E-state index in [1.165, 1.54) is 43.8 Å². The van der Waals surface area contributed by atoms with Gasteiger partial charge < -0.3 is 0 Å². The van der Waals surface area contributed by atoms with Crippen LogP contribution in [0.5, 0.6) is 0 Å². The van der Waals surface area contributed by atoms with E-state index in [0.29, 0.717) is 5.69 Å². The van der Waals surface area contributed by atoms with E-state index in [-0.39, 0.29) is 0 Å². The van der Waals surface area contributed by atoms with Crippen molar-refractivity contribution in [1.82, 2.24) is 0 Å². The molecule has 1 aliphatic rings. The molecule has 1 aliphatic carbocycles. The fourth-order valence-corrected chi connectivity index (χ4v) is 6.57. The molecule has 2 heteroatoms. The van der Waals surface area contributed by atoms with Crippen molar-refractivity contribution in [2.75, 3.05) is 0 Å². The Labute approximate surface area is 218 Å². The summed E-state index contributed by atoms with van der Waals surface area (Å²) in [7, 11) is 0. The van der Waals surface area contributed by atoms with E-state index in [9.17, 15) is 0 Å². The van der Waals surface area contributed by atoms with E-state index < -0.39 is 5.41 Å². The normalized spacial score (nSPS) is 13.3. The summed E-state index contributed by atoms with van der Waals surface area (Å²) in [5, 5.41) is 5.13. The standard InChI is InChI=1S/C34H20BrN/c1-36-29-16-14-22(15-17-29)25-18-23-12-13-24-19-28(35)21-31-33(24)32(23)30(20-25)34(31,26-8-4-2-5-9-26)27-10-6-3-7-11-27/h2-21H. The van der Waals surface area contributed by atoms with Crippen LogP contribution < -0.4 is 0 Å². The van der Waals surface area contributed by atoms with Crippen LogP contribution in [0.25, 0.3) is 37.5 Å². The summed E-state index contributed by atoms with van der Waals surface area (Å²) in [5.74, 6) is 0. The van der Waals surface area contributed by atoms with Gasteiger partial charge in [-0.3, -0.25) is 0 Å². The maximum absolute atomic E-state index is 7.34. The van der Waals surface area contributed by atoms with E-state index in [4.69, 9.17) is 6.57 Å². The highest BCUT2D eigenvalue weighted by Gasteiger charge is 2.45. The van der Waals surface area contributed by atoms with Gasteiger partial charge in [0.25, 0.3) is 0 Å². The Morgan fingerprint density at radius 1 is 0.556 bits per heavy atom. The van der Waals surface area contributed by atoms with Crippen LogP contribution in [0.15, 0.2) is 126 Å². The summed E-state index contributed by atoms with van der Waals surface area (Å²) in [5.41, 5.74) is 7.63. The zero-order chi connectivity index (χ0) is 24.3. The van der Waals surface area contributed by atoms with Gasteiger partial charge in [0.05, 0.1) is 12.0 Å². The van der Waals surface area contributed by atoms with Crippen molar-refractivity contribution < 1.29 is 0 Å². The van der Waals surface area contributed by atoms with Gasteiger partial charge in [0.1, 0.15) is 0 Å². The molecule has 0 aromatic heterocycles. The second kappa shape index (κ2) is 7.92. The first kappa shape index (κ1) is 21.1. The molecule has 6 aromatic rings. The maximum Gasteiger partial charge on any atom is 0.187 e. The molecule has 0 atom stereocenters. The summed E-state index contributed by atoms with van der Waals surface area (Å²) in [6.07, 6.45) is 0. The van der Waals surface area contributed by atoms with E-state index >= 15 is 0 Å². The lowest BCUT2D eigenvalue weighted by Crippen LogP contribution is -2.28. The summed E-state index contributed by atoms with van der Waals surface area (Å²) >= 11 is 3.83. The van der Waals surface area contributed by atoms with Crippen LogP contribution in [-0.4, -0.2) is 0 Å². The lowest BCUT2D eigenvalue weighted by Gasteiger charge is -2.34. The highest BCUT2D eigenvalue weighted by atomic mass is 79.9. The summed E-state index contributed by atoms with van der Waals surface area (Å²) in [6.45, 7) is 7.34.